The van der Waals surface area contributed by atoms with Crippen molar-refractivity contribution in [2.75, 3.05) is 4.90 Å². The molecule has 0 aliphatic carbocycles. The van der Waals surface area contributed by atoms with Crippen LogP contribution in [0, 0.1) is 0 Å². The smallest absolute Gasteiger partial charge is 0.103 e. The third-order valence-electron chi connectivity index (χ3n) is 10.2. The minimum absolute atomic E-state index is 1.14. The average Bonchev–Trinajstić information content (AvgIpc) is 4.06. The molecule has 6 heteroatoms. The summed E-state index contributed by atoms with van der Waals surface area (Å²) in [6, 6.07) is 65.6. The van der Waals surface area contributed by atoms with Crippen LogP contribution < -0.4 is 4.90 Å². The van der Waals surface area contributed by atoms with Crippen molar-refractivity contribution in [3.8, 4) is 33.6 Å². The van der Waals surface area contributed by atoms with Gasteiger partial charge in [-0.2, -0.15) is 0 Å². The van der Waals surface area contributed by atoms with Crippen LogP contribution in [0.15, 0.2) is 187 Å². The first-order chi connectivity index (χ1) is 26.8. The SMILES string of the molecule is c1ccc(-c2ccc(-n3c4cc(N(c5ccccc5)c5ccccc5)sc4c4sc5c6sccc6n(-c6cccc(-c7ccccc7)c6)c5c43)cc2)cc1. The number of anilines is 3. The lowest BCUT2D eigenvalue weighted by molar-refractivity contribution is 1.15. The van der Waals surface area contributed by atoms with Gasteiger partial charge in [0.25, 0.3) is 0 Å². The zero-order valence-corrected chi connectivity index (χ0v) is 31.4. The minimum Gasteiger partial charge on any atom is -0.306 e. The molecule has 0 bridgehead atoms. The van der Waals surface area contributed by atoms with Crippen molar-refractivity contribution in [3.63, 3.8) is 0 Å². The van der Waals surface area contributed by atoms with Gasteiger partial charge in [0, 0.05) is 22.7 Å². The number of fused-ring (bicyclic) bond motifs is 7. The van der Waals surface area contributed by atoms with Crippen molar-refractivity contribution in [2.24, 2.45) is 0 Å². The van der Waals surface area contributed by atoms with Gasteiger partial charge in [-0.15, -0.1) is 34.0 Å². The van der Waals surface area contributed by atoms with Gasteiger partial charge in [0.1, 0.15) is 5.00 Å². The average molecular weight is 746 g/mol. The van der Waals surface area contributed by atoms with Crippen molar-refractivity contribution in [3.05, 3.63) is 187 Å². The fraction of sp³-hybridized carbons (Fsp3) is 0. The molecule has 0 atom stereocenters. The summed E-state index contributed by atoms with van der Waals surface area (Å²) in [5, 5.41) is 3.42. The van der Waals surface area contributed by atoms with Crippen LogP contribution in [0.3, 0.4) is 0 Å². The van der Waals surface area contributed by atoms with Crippen molar-refractivity contribution in [1.82, 2.24) is 9.13 Å². The number of hydrogen-bond donors (Lipinski definition) is 0. The van der Waals surface area contributed by atoms with E-state index in [4.69, 9.17) is 0 Å². The molecular weight excluding hydrogens is 715 g/mol. The summed E-state index contributed by atoms with van der Waals surface area (Å²) in [5.41, 5.74) is 14.5. The summed E-state index contributed by atoms with van der Waals surface area (Å²) >= 11 is 5.65. The molecule has 0 aliphatic heterocycles. The monoisotopic (exact) mass is 745 g/mol. The Kier molecular flexibility index (Phi) is 7.40. The summed E-state index contributed by atoms with van der Waals surface area (Å²) in [6.07, 6.45) is 0. The van der Waals surface area contributed by atoms with Crippen LogP contribution >= 0.6 is 34.0 Å². The van der Waals surface area contributed by atoms with Gasteiger partial charge in [0.05, 0.1) is 40.9 Å². The highest BCUT2D eigenvalue weighted by Crippen LogP contribution is 2.52. The Hall–Kier alpha value is -6.18. The van der Waals surface area contributed by atoms with E-state index in [0.717, 1.165) is 17.1 Å². The normalized spacial score (nSPS) is 11.7. The quantitative estimate of drug-likeness (QED) is 0.158. The van der Waals surface area contributed by atoms with Crippen LogP contribution in [-0.2, 0) is 0 Å². The highest BCUT2D eigenvalue weighted by molar-refractivity contribution is 7.34. The highest BCUT2D eigenvalue weighted by atomic mass is 32.1. The van der Waals surface area contributed by atoms with Crippen LogP contribution in [0.25, 0.3) is 74.5 Å². The maximum Gasteiger partial charge on any atom is 0.103 e. The molecule has 0 saturated heterocycles. The number of rotatable bonds is 7. The van der Waals surface area contributed by atoms with Crippen LogP contribution in [0.5, 0.6) is 0 Å². The van der Waals surface area contributed by atoms with Crippen molar-refractivity contribution >= 4 is 91.3 Å². The molecule has 0 radical (unpaired) electrons. The molecule has 11 rings (SSSR count). The third kappa shape index (κ3) is 4.99. The third-order valence-corrected chi connectivity index (χ3v) is 13.7. The molecule has 3 nitrogen and oxygen atoms in total. The molecule has 0 saturated carbocycles. The van der Waals surface area contributed by atoms with Crippen molar-refractivity contribution in [2.45, 2.75) is 0 Å². The Labute approximate surface area is 324 Å². The first kappa shape index (κ1) is 31.4. The fourth-order valence-corrected chi connectivity index (χ4v) is 11.4. The first-order valence-electron chi connectivity index (χ1n) is 18.0. The van der Waals surface area contributed by atoms with E-state index in [0.29, 0.717) is 0 Å². The van der Waals surface area contributed by atoms with E-state index < -0.39 is 0 Å². The van der Waals surface area contributed by atoms with Gasteiger partial charge < -0.3 is 14.0 Å². The Morgan fingerprint density at radius 2 is 0.907 bits per heavy atom. The van der Waals surface area contributed by atoms with Gasteiger partial charge in [-0.25, -0.2) is 0 Å². The Bertz CT molecular complexity index is 3040. The molecule has 11 aromatic rings. The van der Waals surface area contributed by atoms with E-state index in [1.165, 1.54) is 73.8 Å². The second kappa shape index (κ2) is 12.7. The lowest BCUT2D eigenvalue weighted by Crippen LogP contribution is -2.07. The van der Waals surface area contributed by atoms with E-state index in [-0.39, 0.29) is 0 Å². The number of nitrogens with zero attached hydrogens (tertiary/aromatic N) is 3. The van der Waals surface area contributed by atoms with E-state index >= 15 is 0 Å². The maximum atomic E-state index is 2.52. The summed E-state index contributed by atoms with van der Waals surface area (Å²) in [6.45, 7) is 0. The number of benzene rings is 6. The Balaban J connectivity index is 1.20. The van der Waals surface area contributed by atoms with Crippen LogP contribution in [0.1, 0.15) is 0 Å². The lowest BCUT2D eigenvalue weighted by Gasteiger charge is -2.23. The van der Waals surface area contributed by atoms with E-state index in [2.05, 4.69) is 201 Å². The maximum absolute atomic E-state index is 2.52. The predicted octanol–water partition coefficient (Wildman–Crippen LogP) is 14.9. The van der Waals surface area contributed by atoms with E-state index in [1.807, 2.05) is 34.0 Å². The van der Waals surface area contributed by atoms with Gasteiger partial charge in [-0.05, 0) is 88.3 Å². The molecule has 0 spiro atoms. The highest BCUT2D eigenvalue weighted by Gasteiger charge is 2.27. The van der Waals surface area contributed by atoms with Gasteiger partial charge in [0.2, 0.25) is 0 Å². The summed E-state index contributed by atoms with van der Waals surface area (Å²) in [7, 11) is 0. The molecule has 0 unspecified atom stereocenters. The van der Waals surface area contributed by atoms with Crippen molar-refractivity contribution < 1.29 is 0 Å². The molecule has 0 fully saturated rings. The van der Waals surface area contributed by atoms with Crippen LogP contribution in [0.2, 0.25) is 0 Å². The molecular formula is C48H31N3S3. The number of thiophene rings is 3. The summed E-state index contributed by atoms with van der Waals surface area (Å²) in [5.74, 6) is 0. The second-order valence-corrected chi connectivity index (χ2v) is 16.4. The van der Waals surface area contributed by atoms with E-state index in [9.17, 15) is 0 Å². The standard InChI is InChI=1S/C48H31N3S3/c1-5-14-32(15-6-1)34-24-26-38(27-25-34)50-41-31-42(49(36-19-9-3-10-20-36)37-21-11-4-12-22-37)53-46(41)48-44(50)43-47(54-48)45-40(28-29-52-45)51(43)39-23-13-18-35(30-39)33-16-7-2-8-17-33/h1-31H. The molecule has 6 aromatic carbocycles. The first-order valence-corrected chi connectivity index (χ1v) is 20.5. The molecule has 5 heterocycles. The largest absolute Gasteiger partial charge is 0.306 e. The second-order valence-electron chi connectivity index (χ2n) is 13.4. The predicted molar refractivity (Wildman–Crippen MR) is 234 cm³/mol. The number of hydrogen-bond acceptors (Lipinski definition) is 4. The van der Waals surface area contributed by atoms with Gasteiger partial charge in [0.15, 0.2) is 0 Å². The zero-order chi connectivity index (χ0) is 35.6. The van der Waals surface area contributed by atoms with Gasteiger partial charge in [-0.1, -0.05) is 121 Å². The van der Waals surface area contributed by atoms with Crippen LogP contribution in [0.4, 0.5) is 16.4 Å². The fourth-order valence-electron chi connectivity index (χ4n) is 7.82. The number of aromatic nitrogens is 2. The van der Waals surface area contributed by atoms with Crippen LogP contribution in [-0.4, -0.2) is 9.13 Å². The minimum atomic E-state index is 1.14. The Morgan fingerprint density at radius 3 is 1.56 bits per heavy atom. The van der Waals surface area contributed by atoms with E-state index in [1.54, 1.807) is 0 Å². The van der Waals surface area contributed by atoms with Gasteiger partial charge >= 0.3 is 0 Å². The molecule has 0 aliphatic rings. The molecule has 54 heavy (non-hydrogen) atoms. The molecule has 5 aromatic heterocycles. The summed E-state index contributed by atoms with van der Waals surface area (Å²) in [4.78, 5) is 2.39. The zero-order valence-electron chi connectivity index (χ0n) is 29.0. The molecule has 0 N–H and O–H groups in total. The van der Waals surface area contributed by atoms with Crippen molar-refractivity contribution in [1.29, 1.82) is 0 Å². The summed E-state index contributed by atoms with van der Waals surface area (Å²) < 4.78 is 10.3. The number of para-hydroxylation sites is 2. The molecule has 0 amide bonds. The lowest BCUT2D eigenvalue weighted by atomic mass is 10.1. The molecule has 256 valence electrons. The van der Waals surface area contributed by atoms with Gasteiger partial charge in [-0.3, -0.25) is 0 Å². The topological polar surface area (TPSA) is 13.1 Å². The Morgan fingerprint density at radius 1 is 0.370 bits per heavy atom.